The molecule has 0 bridgehead atoms. The van der Waals surface area contributed by atoms with Crippen molar-refractivity contribution in [3.8, 4) is 0 Å². The molecule has 1 atom stereocenters. The summed E-state index contributed by atoms with van der Waals surface area (Å²) in [6, 6.07) is 7.84. The van der Waals surface area contributed by atoms with Crippen LogP contribution in [0.15, 0.2) is 42.7 Å². The molecule has 26 heavy (non-hydrogen) atoms. The summed E-state index contributed by atoms with van der Waals surface area (Å²) >= 11 is 0. The van der Waals surface area contributed by atoms with E-state index in [9.17, 15) is 13.6 Å². The predicted molar refractivity (Wildman–Crippen MR) is 96.5 cm³/mol. The van der Waals surface area contributed by atoms with Crippen LogP contribution in [0, 0.1) is 17.6 Å². The van der Waals surface area contributed by atoms with Crippen LogP contribution in [0.1, 0.15) is 36.8 Å². The van der Waals surface area contributed by atoms with Crippen LogP contribution < -0.4 is 0 Å². The van der Waals surface area contributed by atoms with Crippen LogP contribution in [0.25, 0.3) is 0 Å². The number of piperidine rings is 1. The van der Waals surface area contributed by atoms with Crippen LogP contribution in [0.3, 0.4) is 0 Å². The smallest absolute Gasteiger partial charge is 0.222 e. The highest BCUT2D eigenvalue weighted by Crippen LogP contribution is 2.24. The molecule has 1 saturated heterocycles. The van der Waals surface area contributed by atoms with Gasteiger partial charge in [-0.2, -0.15) is 0 Å². The second-order valence-electron chi connectivity index (χ2n) is 6.94. The fourth-order valence-electron chi connectivity index (χ4n) is 3.61. The molecule has 1 aromatic heterocycles. The average Bonchev–Trinajstić information content (AvgIpc) is 2.67. The Morgan fingerprint density at radius 1 is 1.12 bits per heavy atom. The molecule has 3 rings (SSSR count). The predicted octanol–water partition coefficient (Wildman–Crippen LogP) is 4.16. The molecule has 1 fully saturated rings. The van der Waals surface area contributed by atoms with E-state index >= 15 is 0 Å². The van der Waals surface area contributed by atoms with Crippen molar-refractivity contribution in [3.63, 3.8) is 0 Å². The van der Waals surface area contributed by atoms with Crippen molar-refractivity contribution < 1.29 is 13.6 Å². The van der Waals surface area contributed by atoms with Gasteiger partial charge in [-0.25, -0.2) is 8.78 Å². The molecule has 1 amide bonds. The van der Waals surface area contributed by atoms with Crippen LogP contribution in [0.5, 0.6) is 0 Å². The molecule has 0 aliphatic carbocycles. The molecule has 0 spiro atoms. The third-order valence-corrected chi connectivity index (χ3v) is 5.11. The molecule has 2 aromatic rings. The lowest BCUT2D eigenvalue weighted by atomic mass is 9.91. The highest BCUT2D eigenvalue weighted by atomic mass is 19.1. The lowest BCUT2D eigenvalue weighted by molar-refractivity contribution is -0.133. The highest BCUT2D eigenvalue weighted by Gasteiger charge is 2.24. The van der Waals surface area contributed by atoms with E-state index in [2.05, 4.69) is 4.98 Å². The summed E-state index contributed by atoms with van der Waals surface area (Å²) in [4.78, 5) is 18.4. The van der Waals surface area contributed by atoms with Crippen molar-refractivity contribution >= 4 is 5.91 Å². The van der Waals surface area contributed by atoms with E-state index in [1.807, 2.05) is 17.0 Å². The molecule has 0 unspecified atom stereocenters. The van der Waals surface area contributed by atoms with Crippen molar-refractivity contribution in [2.75, 3.05) is 13.1 Å². The van der Waals surface area contributed by atoms with E-state index in [1.165, 1.54) is 18.2 Å². The van der Waals surface area contributed by atoms with Crippen molar-refractivity contribution in [1.82, 2.24) is 9.88 Å². The van der Waals surface area contributed by atoms with Gasteiger partial charge in [0.05, 0.1) is 0 Å². The number of nitrogens with zero attached hydrogens (tertiary/aromatic N) is 2. The number of rotatable bonds is 6. The minimum absolute atomic E-state index is 0.156. The SMILES string of the molecule is O=C(CCc1ccncc1)N1CCC[C@H](CCc2c(F)cccc2F)C1. The fourth-order valence-corrected chi connectivity index (χ4v) is 3.61. The van der Waals surface area contributed by atoms with Crippen LogP contribution in [0.2, 0.25) is 0 Å². The first-order chi connectivity index (χ1) is 12.6. The second kappa shape index (κ2) is 8.88. The summed E-state index contributed by atoms with van der Waals surface area (Å²) in [7, 11) is 0. The number of hydrogen-bond acceptors (Lipinski definition) is 2. The zero-order chi connectivity index (χ0) is 18.4. The van der Waals surface area contributed by atoms with Gasteiger partial charge in [0.15, 0.2) is 0 Å². The van der Waals surface area contributed by atoms with Gasteiger partial charge >= 0.3 is 0 Å². The van der Waals surface area contributed by atoms with Crippen molar-refractivity contribution in [2.45, 2.75) is 38.5 Å². The van der Waals surface area contributed by atoms with Gasteiger partial charge < -0.3 is 4.90 Å². The number of amides is 1. The third-order valence-electron chi connectivity index (χ3n) is 5.11. The van der Waals surface area contributed by atoms with Gasteiger partial charge in [0.25, 0.3) is 0 Å². The van der Waals surface area contributed by atoms with Gasteiger partial charge in [-0.3, -0.25) is 9.78 Å². The van der Waals surface area contributed by atoms with Gasteiger partial charge in [-0.15, -0.1) is 0 Å². The van der Waals surface area contributed by atoms with Gasteiger partial charge in [-0.05, 0) is 67.9 Å². The van der Waals surface area contributed by atoms with Crippen molar-refractivity contribution in [2.24, 2.45) is 5.92 Å². The number of halogens is 2. The number of pyridine rings is 1. The molecular weight excluding hydrogens is 334 g/mol. The van der Waals surface area contributed by atoms with E-state index in [4.69, 9.17) is 0 Å². The zero-order valence-corrected chi connectivity index (χ0v) is 14.8. The normalized spacial score (nSPS) is 17.3. The third kappa shape index (κ3) is 4.87. The number of aromatic nitrogens is 1. The quantitative estimate of drug-likeness (QED) is 0.777. The van der Waals surface area contributed by atoms with Crippen LogP contribution in [-0.4, -0.2) is 28.9 Å². The van der Waals surface area contributed by atoms with Crippen LogP contribution in [0.4, 0.5) is 8.78 Å². The molecule has 3 nitrogen and oxygen atoms in total. The van der Waals surface area contributed by atoms with E-state index in [-0.39, 0.29) is 11.5 Å². The number of aryl methyl sites for hydroxylation is 1. The number of carbonyl (C=O) groups excluding carboxylic acids is 1. The Bertz CT molecular complexity index is 716. The summed E-state index contributed by atoms with van der Waals surface area (Å²) in [5.74, 6) is -0.506. The first kappa shape index (κ1) is 18.5. The Morgan fingerprint density at radius 2 is 1.85 bits per heavy atom. The summed E-state index contributed by atoms with van der Waals surface area (Å²) in [5, 5.41) is 0. The molecule has 5 heteroatoms. The van der Waals surface area contributed by atoms with Gasteiger partial charge in [-0.1, -0.05) is 6.07 Å². The number of benzene rings is 1. The minimum atomic E-state index is -0.480. The molecule has 0 saturated carbocycles. The maximum atomic E-state index is 13.8. The molecule has 1 aliphatic heterocycles. The molecular formula is C21H24F2N2O. The van der Waals surface area contributed by atoms with Crippen molar-refractivity contribution in [3.05, 3.63) is 65.5 Å². The summed E-state index contributed by atoms with van der Waals surface area (Å²) in [6.07, 6.45) is 7.70. The number of hydrogen-bond donors (Lipinski definition) is 0. The van der Waals surface area contributed by atoms with Gasteiger partial charge in [0.2, 0.25) is 5.91 Å². The lowest BCUT2D eigenvalue weighted by Crippen LogP contribution is -2.40. The Morgan fingerprint density at radius 3 is 2.58 bits per heavy atom. The van der Waals surface area contributed by atoms with Crippen LogP contribution in [-0.2, 0) is 17.6 Å². The van der Waals surface area contributed by atoms with Gasteiger partial charge in [0.1, 0.15) is 11.6 Å². The summed E-state index contributed by atoms with van der Waals surface area (Å²) < 4.78 is 27.5. The molecule has 1 aromatic carbocycles. The Hall–Kier alpha value is -2.30. The Balaban J connectivity index is 1.50. The Labute approximate surface area is 153 Å². The molecule has 0 N–H and O–H groups in total. The molecule has 0 radical (unpaired) electrons. The number of carbonyl (C=O) groups is 1. The topological polar surface area (TPSA) is 33.2 Å². The first-order valence-electron chi connectivity index (χ1n) is 9.23. The standard InChI is InChI=1S/C21H24F2N2O/c22-19-4-1-5-20(23)18(19)8-6-17-3-2-14-25(15-17)21(26)9-7-16-10-12-24-13-11-16/h1,4-5,10-13,17H,2-3,6-9,14-15H2/t17-/m1/s1. The lowest BCUT2D eigenvalue weighted by Gasteiger charge is -2.33. The van der Waals surface area contributed by atoms with E-state index in [0.717, 1.165) is 24.9 Å². The fraction of sp³-hybridized carbons (Fsp3) is 0.429. The molecule has 2 heterocycles. The Kier molecular flexibility index (Phi) is 6.31. The van der Waals surface area contributed by atoms with E-state index < -0.39 is 11.6 Å². The monoisotopic (exact) mass is 358 g/mol. The summed E-state index contributed by atoms with van der Waals surface area (Å²) in [6.45, 7) is 1.46. The van der Waals surface area contributed by atoms with E-state index in [0.29, 0.717) is 38.1 Å². The van der Waals surface area contributed by atoms with Crippen LogP contribution >= 0.6 is 0 Å². The van der Waals surface area contributed by atoms with E-state index in [1.54, 1.807) is 12.4 Å². The maximum absolute atomic E-state index is 13.8. The first-order valence-corrected chi connectivity index (χ1v) is 9.23. The minimum Gasteiger partial charge on any atom is -0.342 e. The van der Waals surface area contributed by atoms with Crippen molar-refractivity contribution in [1.29, 1.82) is 0 Å². The zero-order valence-electron chi connectivity index (χ0n) is 14.8. The molecule has 1 aliphatic rings. The summed E-state index contributed by atoms with van der Waals surface area (Å²) in [5.41, 5.74) is 1.27. The van der Waals surface area contributed by atoms with Gasteiger partial charge in [0, 0.05) is 37.5 Å². The molecule has 138 valence electrons. The highest BCUT2D eigenvalue weighted by molar-refractivity contribution is 5.76. The largest absolute Gasteiger partial charge is 0.342 e. The maximum Gasteiger partial charge on any atom is 0.222 e. The second-order valence-corrected chi connectivity index (χ2v) is 6.94. The average molecular weight is 358 g/mol. The number of likely N-dealkylation sites (tertiary alicyclic amines) is 1.